The van der Waals surface area contributed by atoms with Crippen molar-refractivity contribution in [2.45, 2.75) is 69.1 Å². The first-order valence-corrected chi connectivity index (χ1v) is 11.3. The summed E-state index contributed by atoms with van der Waals surface area (Å²) in [5.74, 6) is 1.62. The maximum absolute atomic E-state index is 9.93. The molecule has 8 nitrogen and oxygen atoms in total. The monoisotopic (exact) mass is 413 g/mol. The molecule has 2 aliphatic heterocycles. The molecule has 30 heavy (non-hydrogen) atoms. The average molecular weight is 414 g/mol. The molecule has 3 aliphatic rings. The van der Waals surface area contributed by atoms with E-state index in [0.717, 1.165) is 81.1 Å². The number of hydrogen-bond acceptors (Lipinski definition) is 8. The largest absolute Gasteiger partial charge is 0.474 e. The van der Waals surface area contributed by atoms with E-state index >= 15 is 0 Å². The number of nitrogens with one attached hydrogen (secondary N) is 2. The predicted molar refractivity (Wildman–Crippen MR) is 114 cm³/mol. The third-order valence-electron chi connectivity index (χ3n) is 6.58. The SMILES string of the molecule is O[C@H]1CC[C@H](c2cnc(OC3CCNCC3)c3cnc(N[C@@H]4CCOC4)nc32)CC1. The highest BCUT2D eigenvalue weighted by atomic mass is 16.5. The highest BCUT2D eigenvalue weighted by Gasteiger charge is 2.26. The van der Waals surface area contributed by atoms with Gasteiger partial charge in [0.05, 0.1) is 29.7 Å². The van der Waals surface area contributed by atoms with E-state index in [-0.39, 0.29) is 18.2 Å². The van der Waals surface area contributed by atoms with Crippen LogP contribution in [0.4, 0.5) is 5.95 Å². The van der Waals surface area contributed by atoms with Crippen LogP contribution in [-0.2, 0) is 4.74 Å². The van der Waals surface area contributed by atoms with Crippen molar-refractivity contribution in [1.82, 2.24) is 20.3 Å². The smallest absolute Gasteiger partial charge is 0.224 e. The van der Waals surface area contributed by atoms with Gasteiger partial charge in [-0.2, -0.15) is 0 Å². The first-order valence-electron chi connectivity index (χ1n) is 11.3. The van der Waals surface area contributed by atoms with E-state index in [9.17, 15) is 5.11 Å². The molecule has 1 aliphatic carbocycles. The summed E-state index contributed by atoms with van der Waals surface area (Å²) in [7, 11) is 0. The maximum atomic E-state index is 9.93. The number of fused-ring (bicyclic) bond motifs is 1. The Hall–Kier alpha value is -2.03. The summed E-state index contributed by atoms with van der Waals surface area (Å²) in [5, 5.41) is 17.6. The zero-order valence-electron chi connectivity index (χ0n) is 17.3. The third kappa shape index (κ3) is 4.36. The van der Waals surface area contributed by atoms with Crippen LogP contribution >= 0.6 is 0 Å². The second kappa shape index (κ2) is 8.99. The molecule has 0 unspecified atom stereocenters. The van der Waals surface area contributed by atoms with Crippen molar-refractivity contribution in [2.24, 2.45) is 0 Å². The van der Waals surface area contributed by atoms with Gasteiger partial charge in [0.15, 0.2) is 0 Å². The van der Waals surface area contributed by atoms with Gasteiger partial charge in [-0.25, -0.2) is 15.0 Å². The Kier molecular flexibility index (Phi) is 5.97. The molecule has 5 rings (SSSR count). The highest BCUT2D eigenvalue weighted by molar-refractivity contribution is 5.86. The van der Waals surface area contributed by atoms with Gasteiger partial charge < -0.3 is 25.2 Å². The van der Waals surface area contributed by atoms with E-state index in [1.165, 1.54) is 0 Å². The minimum atomic E-state index is -0.183. The second-order valence-corrected chi connectivity index (χ2v) is 8.75. The molecule has 162 valence electrons. The van der Waals surface area contributed by atoms with Crippen LogP contribution in [0.5, 0.6) is 5.88 Å². The van der Waals surface area contributed by atoms with Gasteiger partial charge in [0.25, 0.3) is 0 Å². The van der Waals surface area contributed by atoms with Crippen LogP contribution in [0.1, 0.15) is 56.4 Å². The normalized spacial score (nSPS) is 28.0. The molecule has 1 atom stereocenters. The van der Waals surface area contributed by atoms with Gasteiger partial charge in [-0.15, -0.1) is 0 Å². The van der Waals surface area contributed by atoms with Crippen LogP contribution in [0.2, 0.25) is 0 Å². The molecule has 0 radical (unpaired) electrons. The minimum Gasteiger partial charge on any atom is -0.474 e. The Labute approximate surface area is 176 Å². The number of aliphatic hydroxyl groups is 1. The van der Waals surface area contributed by atoms with Gasteiger partial charge in [-0.05, 0) is 64.0 Å². The van der Waals surface area contributed by atoms with E-state index in [0.29, 0.717) is 24.4 Å². The summed E-state index contributed by atoms with van der Waals surface area (Å²) < 4.78 is 11.8. The predicted octanol–water partition coefficient (Wildman–Crippen LogP) is 2.37. The van der Waals surface area contributed by atoms with E-state index in [1.54, 1.807) is 0 Å². The fourth-order valence-corrected chi connectivity index (χ4v) is 4.77. The summed E-state index contributed by atoms with van der Waals surface area (Å²) in [6.45, 7) is 3.41. The highest BCUT2D eigenvalue weighted by Crippen LogP contribution is 2.38. The maximum Gasteiger partial charge on any atom is 0.224 e. The molecule has 2 saturated heterocycles. The van der Waals surface area contributed by atoms with E-state index in [2.05, 4.69) is 15.6 Å². The molecule has 2 aromatic rings. The standard InChI is InChI=1S/C22H31N5O3/c28-16-3-1-14(2-4-16)18-11-24-21(30-17-5-8-23-9-6-17)19-12-25-22(27-20(18)19)26-15-7-10-29-13-15/h11-12,14-17,23,28H,1-10,13H2,(H,25,26,27)/t14-,15-,16-/m1/s1. The summed E-state index contributed by atoms with van der Waals surface area (Å²) in [5.41, 5.74) is 2.06. The Morgan fingerprint density at radius 2 is 1.87 bits per heavy atom. The van der Waals surface area contributed by atoms with Crippen molar-refractivity contribution in [1.29, 1.82) is 0 Å². The van der Waals surface area contributed by atoms with E-state index in [4.69, 9.17) is 19.4 Å². The fourth-order valence-electron chi connectivity index (χ4n) is 4.77. The van der Waals surface area contributed by atoms with Crippen molar-refractivity contribution in [3.05, 3.63) is 18.0 Å². The summed E-state index contributed by atoms with van der Waals surface area (Å²) in [6.07, 6.45) is 10.3. The number of nitrogens with zero attached hydrogens (tertiary/aromatic N) is 3. The average Bonchev–Trinajstić information content (AvgIpc) is 3.28. The number of pyridine rings is 1. The molecule has 3 N–H and O–H groups in total. The van der Waals surface area contributed by atoms with Crippen LogP contribution in [-0.4, -0.2) is 64.6 Å². The Morgan fingerprint density at radius 3 is 2.63 bits per heavy atom. The number of ether oxygens (including phenoxy) is 2. The Bertz CT molecular complexity index is 859. The van der Waals surface area contributed by atoms with Crippen molar-refractivity contribution >= 4 is 16.9 Å². The van der Waals surface area contributed by atoms with Crippen molar-refractivity contribution in [3.63, 3.8) is 0 Å². The summed E-state index contributed by atoms with van der Waals surface area (Å²) >= 11 is 0. The van der Waals surface area contributed by atoms with Gasteiger partial charge in [0, 0.05) is 24.6 Å². The zero-order chi connectivity index (χ0) is 20.3. The molecule has 0 bridgehead atoms. The first kappa shape index (κ1) is 19.9. The molecular formula is C22H31N5O3. The number of hydrogen-bond donors (Lipinski definition) is 3. The molecule has 1 saturated carbocycles. The summed E-state index contributed by atoms with van der Waals surface area (Å²) in [6, 6.07) is 0.253. The third-order valence-corrected chi connectivity index (χ3v) is 6.58. The van der Waals surface area contributed by atoms with Crippen molar-refractivity contribution in [3.8, 4) is 5.88 Å². The van der Waals surface area contributed by atoms with Crippen LogP contribution in [0.3, 0.4) is 0 Å². The molecule has 2 aromatic heterocycles. The zero-order valence-corrected chi connectivity index (χ0v) is 17.3. The molecule has 3 fully saturated rings. The molecule has 0 amide bonds. The molecule has 8 heteroatoms. The van der Waals surface area contributed by atoms with Gasteiger partial charge >= 0.3 is 0 Å². The molecule has 0 spiro atoms. The van der Waals surface area contributed by atoms with E-state index < -0.39 is 0 Å². The fraction of sp³-hybridized carbons (Fsp3) is 0.682. The van der Waals surface area contributed by atoms with Gasteiger partial charge in [0.1, 0.15) is 6.10 Å². The van der Waals surface area contributed by atoms with Gasteiger partial charge in [-0.3, -0.25) is 0 Å². The van der Waals surface area contributed by atoms with Crippen LogP contribution < -0.4 is 15.4 Å². The molecule has 0 aromatic carbocycles. The lowest BCUT2D eigenvalue weighted by Crippen LogP contribution is -2.34. The first-order chi connectivity index (χ1) is 14.8. The Balaban J connectivity index is 1.47. The van der Waals surface area contributed by atoms with Crippen molar-refractivity contribution < 1.29 is 14.6 Å². The van der Waals surface area contributed by atoms with Crippen LogP contribution in [0, 0.1) is 0 Å². The number of rotatable bonds is 5. The minimum absolute atomic E-state index is 0.172. The van der Waals surface area contributed by atoms with Crippen LogP contribution in [0.15, 0.2) is 12.4 Å². The molecular weight excluding hydrogens is 382 g/mol. The van der Waals surface area contributed by atoms with Crippen LogP contribution in [0.25, 0.3) is 10.9 Å². The summed E-state index contributed by atoms with van der Waals surface area (Å²) in [4.78, 5) is 14.2. The van der Waals surface area contributed by atoms with E-state index in [1.807, 2.05) is 12.4 Å². The Morgan fingerprint density at radius 1 is 1.03 bits per heavy atom. The van der Waals surface area contributed by atoms with Gasteiger partial charge in [-0.1, -0.05) is 0 Å². The lowest BCUT2D eigenvalue weighted by molar-refractivity contribution is 0.122. The molecule has 4 heterocycles. The number of aromatic nitrogens is 3. The number of anilines is 1. The van der Waals surface area contributed by atoms with Crippen molar-refractivity contribution in [2.75, 3.05) is 31.6 Å². The number of piperidine rings is 1. The lowest BCUT2D eigenvalue weighted by Gasteiger charge is -2.27. The quantitative estimate of drug-likeness (QED) is 0.687. The van der Waals surface area contributed by atoms with Gasteiger partial charge in [0.2, 0.25) is 11.8 Å². The number of aliphatic hydroxyl groups excluding tert-OH is 1. The second-order valence-electron chi connectivity index (χ2n) is 8.75. The lowest BCUT2D eigenvalue weighted by atomic mass is 9.83. The topological polar surface area (TPSA) is 101 Å².